The average Bonchev–Trinajstić information content (AvgIpc) is 2.30. The number of nitrogens with zero attached hydrogens (tertiary/aromatic N) is 2. The Bertz CT molecular complexity index is 325. The lowest BCUT2D eigenvalue weighted by Crippen LogP contribution is -2.54. The van der Waals surface area contributed by atoms with Crippen molar-refractivity contribution < 1.29 is 8.42 Å². The van der Waals surface area contributed by atoms with E-state index >= 15 is 0 Å². The monoisotopic (exact) mass is 247 g/mol. The van der Waals surface area contributed by atoms with Gasteiger partial charge >= 0.3 is 0 Å². The molecule has 0 amide bonds. The Morgan fingerprint density at radius 1 is 1.12 bits per heavy atom. The summed E-state index contributed by atoms with van der Waals surface area (Å²) in [6.45, 7) is 5.44. The highest BCUT2D eigenvalue weighted by Crippen LogP contribution is 2.22. The first-order valence-corrected chi connectivity index (χ1v) is 7.50. The number of nitrogens with one attached hydrogen (secondary N) is 1. The van der Waals surface area contributed by atoms with Gasteiger partial charge in [-0.15, -0.1) is 0 Å². The highest BCUT2D eigenvalue weighted by molar-refractivity contribution is 7.86. The fraction of sp³-hybridized carbons (Fsp3) is 1.00. The highest BCUT2D eigenvalue weighted by Gasteiger charge is 2.34. The predicted octanol–water partition coefficient (Wildman–Crippen LogP) is 0.0108. The van der Waals surface area contributed by atoms with Crippen molar-refractivity contribution in [3.8, 4) is 0 Å². The smallest absolute Gasteiger partial charge is 0.282 e. The van der Waals surface area contributed by atoms with Gasteiger partial charge in [0.2, 0.25) is 0 Å². The summed E-state index contributed by atoms with van der Waals surface area (Å²) in [5.74, 6) is 0. The van der Waals surface area contributed by atoms with Crippen molar-refractivity contribution in [2.75, 3.05) is 32.7 Å². The third kappa shape index (κ3) is 2.40. The molecule has 0 aliphatic carbocycles. The molecule has 94 valence electrons. The molecule has 2 saturated heterocycles. The first-order valence-electron chi connectivity index (χ1n) is 6.10. The van der Waals surface area contributed by atoms with Crippen molar-refractivity contribution >= 4 is 10.2 Å². The molecule has 5 nitrogen and oxygen atoms in total. The van der Waals surface area contributed by atoms with E-state index in [2.05, 4.69) is 5.32 Å². The largest absolute Gasteiger partial charge is 0.314 e. The summed E-state index contributed by atoms with van der Waals surface area (Å²) < 4.78 is 28.0. The Kier molecular flexibility index (Phi) is 3.84. The fourth-order valence-corrected chi connectivity index (χ4v) is 4.30. The summed E-state index contributed by atoms with van der Waals surface area (Å²) in [4.78, 5) is 0. The third-order valence-corrected chi connectivity index (χ3v) is 5.59. The quantitative estimate of drug-likeness (QED) is 0.748. The molecule has 2 heterocycles. The normalized spacial score (nSPS) is 30.4. The summed E-state index contributed by atoms with van der Waals surface area (Å²) in [5, 5.41) is 3.18. The van der Waals surface area contributed by atoms with E-state index < -0.39 is 10.2 Å². The van der Waals surface area contributed by atoms with Gasteiger partial charge in [0.25, 0.3) is 10.2 Å². The van der Waals surface area contributed by atoms with E-state index in [0.717, 1.165) is 32.4 Å². The lowest BCUT2D eigenvalue weighted by Gasteiger charge is -2.37. The van der Waals surface area contributed by atoms with Crippen LogP contribution in [0.1, 0.15) is 26.2 Å². The molecule has 0 aromatic heterocycles. The second-order valence-corrected chi connectivity index (χ2v) is 6.49. The Morgan fingerprint density at radius 2 is 1.81 bits per heavy atom. The number of hydrogen-bond acceptors (Lipinski definition) is 3. The van der Waals surface area contributed by atoms with Gasteiger partial charge < -0.3 is 5.32 Å². The molecule has 0 saturated carbocycles. The number of piperidine rings is 1. The Labute approximate surface area is 98.0 Å². The summed E-state index contributed by atoms with van der Waals surface area (Å²) in [5.41, 5.74) is 0. The van der Waals surface area contributed by atoms with Crippen molar-refractivity contribution in [2.45, 2.75) is 32.2 Å². The maximum absolute atomic E-state index is 12.4. The average molecular weight is 247 g/mol. The van der Waals surface area contributed by atoms with Gasteiger partial charge in [0.15, 0.2) is 0 Å². The standard InChI is InChI=1S/C10H21N3O2S/c1-10-4-2-3-7-13(10)16(14,15)12-8-5-11-6-9-12/h10-11H,2-9H2,1H3/t10-/m0/s1. The van der Waals surface area contributed by atoms with Crippen LogP contribution in [0.25, 0.3) is 0 Å². The molecular formula is C10H21N3O2S. The molecule has 2 aliphatic heterocycles. The van der Waals surface area contributed by atoms with Gasteiger partial charge in [0, 0.05) is 38.8 Å². The zero-order chi connectivity index (χ0) is 11.6. The zero-order valence-electron chi connectivity index (χ0n) is 9.85. The van der Waals surface area contributed by atoms with Crippen LogP contribution < -0.4 is 5.32 Å². The second kappa shape index (κ2) is 5.00. The molecular weight excluding hydrogens is 226 g/mol. The molecule has 2 rings (SSSR count). The van der Waals surface area contributed by atoms with E-state index in [1.165, 1.54) is 0 Å². The van der Waals surface area contributed by atoms with Gasteiger partial charge in [0.05, 0.1) is 0 Å². The van der Waals surface area contributed by atoms with E-state index in [4.69, 9.17) is 0 Å². The predicted molar refractivity (Wildman–Crippen MR) is 63.4 cm³/mol. The molecule has 0 unspecified atom stereocenters. The topological polar surface area (TPSA) is 52.7 Å². The van der Waals surface area contributed by atoms with Crippen LogP contribution >= 0.6 is 0 Å². The SMILES string of the molecule is C[C@H]1CCCCN1S(=O)(=O)N1CCNCC1. The first kappa shape index (κ1) is 12.3. The van der Waals surface area contributed by atoms with Gasteiger partial charge in [-0.2, -0.15) is 17.0 Å². The maximum atomic E-state index is 12.4. The van der Waals surface area contributed by atoms with E-state index in [0.29, 0.717) is 19.6 Å². The van der Waals surface area contributed by atoms with Crippen LogP contribution in [-0.4, -0.2) is 55.8 Å². The molecule has 1 N–H and O–H groups in total. The summed E-state index contributed by atoms with van der Waals surface area (Å²) in [6, 6.07) is 0.161. The van der Waals surface area contributed by atoms with Crippen LogP contribution in [-0.2, 0) is 10.2 Å². The van der Waals surface area contributed by atoms with Crippen molar-refractivity contribution in [3.63, 3.8) is 0 Å². The van der Waals surface area contributed by atoms with Crippen LogP contribution in [0.4, 0.5) is 0 Å². The molecule has 0 radical (unpaired) electrons. The van der Waals surface area contributed by atoms with E-state index in [1.807, 2.05) is 6.92 Å². The maximum Gasteiger partial charge on any atom is 0.282 e. The number of rotatable bonds is 2. The number of hydrogen-bond donors (Lipinski definition) is 1. The Morgan fingerprint density at radius 3 is 2.44 bits per heavy atom. The molecule has 0 spiro atoms. The second-order valence-electron chi connectivity index (χ2n) is 4.61. The minimum Gasteiger partial charge on any atom is -0.314 e. The van der Waals surface area contributed by atoms with Crippen LogP contribution in [0.2, 0.25) is 0 Å². The van der Waals surface area contributed by atoms with Gasteiger partial charge in [-0.3, -0.25) is 0 Å². The van der Waals surface area contributed by atoms with Gasteiger partial charge in [-0.05, 0) is 19.8 Å². The van der Waals surface area contributed by atoms with Crippen LogP contribution in [0, 0.1) is 0 Å². The molecule has 0 aromatic carbocycles. The third-order valence-electron chi connectivity index (χ3n) is 3.44. The molecule has 6 heteroatoms. The van der Waals surface area contributed by atoms with Gasteiger partial charge in [0.1, 0.15) is 0 Å². The van der Waals surface area contributed by atoms with Crippen molar-refractivity contribution in [1.29, 1.82) is 0 Å². The van der Waals surface area contributed by atoms with Crippen molar-refractivity contribution in [2.24, 2.45) is 0 Å². The summed E-state index contributed by atoms with van der Waals surface area (Å²) in [6.07, 6.45) is 3.13. The minimum atomic E-state index is -3.21. The Balaban J connectivity index is 2.10. The van der Waals surface area contributed by atoms with Gasteiger partial charge in [-0.1, -0.05) is 6.42 Å². The lowest BCUT2D eigenvalue weighted by molar-refractivity contribution is 0.238. The lowest BCUT2D eigenvalue weighted by atomic mass is 10.1. The fourth-order valence-electron chi connectivity index (χ4n) is 2.44. The van der Waals surface area contributed by atoms with Crippen LogP contribution in [0.3, 0.4) is 0 Å². The Hall–Kier alpha value is -0.170. The van der Waals surface area contributed by atoms with Crippen molar-refractivity contribution in [3.05, 3.63) is 0 Å². The molecule has 2 fully saturated rings. The molecule has 1 atom stereocenters. The van der Waals surface area contributed by atoms with Crippen molar-refractivity contribution in [1.82, 2.24) is 13.9 Å². The van der Waals surface area contributed by atoms with Crippen LogP contribution in [0.15, 0.2) is 0 Å². The molecule has 16 heavy (non-hydrogen) atoms. The minimum absolute atomic E-state index is 0.161. The van der Waals surface area contributed by atoms with E-state index in [1.54, 1.807) is 8.61 Å². The molecule has 2 aliphatic rings. The molecule has 0 bridgehead atoms. The molecule has 0 aromatic rings. The highest BCUT2D eigenvalue weighted by atomic mass is 32.2. The zero-order valence-corrected chi connectivity index (χ0v) is 10.7. The number of piperazine rings is 1. The summed E-state index contributed by atoms with van der Waals surface area (Å²) in [7, 11) is -3.21. The van der Waals surface area contributed by atoms with E-state index in [9.17, 15) is 8.42 Å². The summed E-state index contributed by atoms with van der Waals surface area (Å²) >= 11 is 0. The first-order chi connectivity index (χ1) is 7.62. The van der Waals surface area contributed by atoms with Crippen LogP contribution in [0.5, 0.6) is 0 Å². The van der Waals surface area contributed by atoms with E-state index in [-0.39, 0.29) is 6.04 Å². The van der Waals surface area contributed by atoms with Gasteiger partial charge in [-0.25, -0.2) is 0 Å².